The van der Waals surface area contributed by atoms with E-state index >= 15 is 0 Å². The van der Waals surface area contributed by atoms with Gasteiger partial charge in [0, 0.05) is 5.70 Å². The van der Waals surface area contributed by atoms with Gasteiger partial charge >= 0.3 is 18.0 Å². The lowest BCUT2D eigenvalue weighted by Crippen LogP contribution is -2.45. The molecule has 0 radical (unpaired) electrons. The average molecular weight is 304 g/mol. The van der Waals surface area contributed by atoms with Gasteiger partial charge in [-0.15, -0.1) is 0 Å². The van der Waals surface area contributed by atoms with E-state index in [9.17, 15) is 14.4 Å². The zero-order chi connectivity index (χ0) is 16.3. The second-order valence-corrected chi connectivity index (χ2v) is 4.68. The number of urea groups is 1. The molecule has 0 saturated heterocycles. The Hall–Kier alpha value is -2.83. The molecule has 2 rings (SSSR count). The number of carbonyl (C=O) groups excluding carboxylic acids is 3. The predicted octanol–water partition coefficient (Wildman–Crippen LogP) is 1.27. The minimum absolute atomic E-state index is 0.313. The number of carbonyl (C=O) groups is 3. The molecule has 1 aliphatic heterocycles. The minimum Gasteiger partial charge on any atom is -0.466 e. The van der Waals surface area contributed by atoms with E-state index in [0.29, 0.717) is 22.4 Å². The number of esters is 2. The number of nitrogens with one attached hydrogen (secondary N) is 2. The van der Waals surface area contributed by atoms with Crippen molar-refractivity contribution in [3.63, 3.8) is 0 Å². The zero-order valence-electron chi connectivity index (χ0n) is 12.4. The molecule has 0 spiro atoms. The number of ether oxygens (including phenoxy) is 2. The van der Waals surface area contributed by atoms with E-state index in [2.05, 4.69) is 15.4 Å². The molecule has 0 aromatic heterocycles. The van der Waals surface area contributed by atoms with Crippen LogP contribution in [0, 0.1) is 0 Å². The van der Waals surface area contributed by atoms with Crippen LogP contribution in [0.15, 0.2) is 35.5 Å². The fourth-order valence-electron chi connectivity index (χ4n) is 2.25. The molecule has 2 N–H and O–H groups in total. The van der Waals surface area contributed by atoms with E-state index < -0.39 is 24.0 Å². The molecule has 0 aliphatic carbocycles. The third kappa shape index (κ3) is 2.93. The van der Waals surface area contributed by atoms with Crippen molar-refractivity contribution in [3.8, 4) is 0 Å². The zero-order valence-corrected chi connectivity index (χ0v) is 12.4. The summed E-state index contributed by atoms with van der Waals surface area (Å²) in [6.45, 7) is 1.63. The summed E-state index contributed by atoms with van der Waals surface area (Å²) < 4.78 is 9.39. The molecule has 1 atom stereocenters. The number of allylic oxidation sites excluding steroid dienone is 1. The van der Waals surface area contributed by atoms with Crippen molar-refractivity contribution < 1.29 is 23.9 Å². The summed E-state index contributed by atoms with van der Waals surface area (Å²) in [5.41, 5.74) is 1.78. The maximum Gasteiger partial charge on any atom is 0.337 e. The third-order valence-electron chi connectivity index (χ3n) is 3.34. The molecule has 1 aromatic carbocycles. The van der Waals surface area contributed by atoms with Crippen molar-refractivity contribution in [3.05, 3.63) is 46.7 Å². The second-order valence-electron chi connectivity index (χ2n) is 4.68. The fourth-order valence-corrected chi connectivity index (χ4v) is 2.25. The first-order valence-corrected chi connectivity index (χ1v) is 6.52. The first-order valence-electron chi connectivity index (χ1n) is 6.52. The molecule has 7 heteroatoms. The van der Waals surface area contributed by atoms with Crippen LogP contribution < -0.4 is 10.6 Å². The van der Waals surface area contributed by atoms with Crippen molar-refractivity contribution in [2.24, 2.45) is 0 Å². The molecule has 1 aliphatic rings. The van der Waals surface area contributed by atoms with Crippen LogP contribution in [-0.4, -0.2) is 32.2 Å². The van der Waals surface area contributed by atoms with Crippen LogP contribution in [-0.2, 0) is 14.3 Å². The summed E-state index contributed by atoms with van der Waals surface area (Å²) in [6, 6.07) is 5.39. The van der Waals surface area contributed by atoms with E-state index in [1.54, 1.807) is 31.2 Å². The van der Waals surface area contributed by atoms with Crippen molar-refractivity contribution in [2.45, 2.75) is 13.0 Å². The van der Waals surface area contributed by atoms with Gasteiger partial charge in [0.1, 0.15) is 0 Å². The predicted molar refractivity (Wildman–Crippen MR) is 76.9 cm³/mol. The van der Waals surface area contributed by atoms with Gasteiger partial charge in [0.05, 0.1) is 31.4 Å². The van der Waals surface area contributed by atoms with Crippen LogP contribution in [0.1, 0.15) is 28.9 Å². The summed E-state index contributed by atoms with van der Waals surface area (Å²) >= 11 is 0. The third-order valence-corrected chi connectivity index (χ3v) is 3.34. The van der Waals surface area contributed by atoms with Crippen LogP contribution >= 0.6 is 0 Å². The molecule has 1 aromatic rings. The Balaban J connectivity index is 2.40. The van der Waals surface area contributed by atoms with Gasteiger partial charge in [0.2, 0.25) is 0 Å². The highest BCUT2D eigenvalue weighted by atomic mass is 16.5. The Labute approximate surface area is 127 Å². The first kappa shape index (κ1) is 15.6. The number of rotatable bonds is 3. The van der Waals surface area contributed by atoms with E-state index in [1.807, 2.05) is 0 Å². The molecule has 7 nitrogen and oxygen atoms in total. The number of benzene rings is 1. The summed E-state index contributed by atoms with van der Waals surface area (Å²) in [5, 5.41) is 5.20. The smallest absolute Gasteiger partial charge is 0.337 e. The molecular weight excluding hydrogens is 288 g/mol. The standard InChI is InChI=1S/C15H16N2O5/c1-8-11(14(19)22-3)12(17-15(20)16-8)9-4-6-10(7-5-9)13(18)21-2/h4-7,12H,1-3H3,(H2,16,17,20)/t12-/m0/s1. The van der Waals surface area contributed by atoms with Crippen LogP contribution in [0.5, 0.6) is 0 Å². The Morgan fingerprint density at radius 3 is 2.18 bits per heavy atom. The van der Waals surface area contributed by atoms with Gasteiger partial charge < -0.3 is 20.1 Å². The lowest BCUT2D eigenvalue weighted by atomic mass is 9.95. The van der Waals surface area contributed by atoms with Crippen molar-refractivity contribution >= 4 is 18.0 Å². The normalized spacial score (nSPS) is 17.4. The highest BCUT2D eigenvalue weighted by Crippen LogP contribution is 2.27. The van der Waals surface area contributed by atoms with Crippen LogP contribution in [0.4, 0.5) is 4.79 Å². The molecule has 0 fully saturated rings. The van der Waals surface area contributed by atoms with Crippen molar-refractivity contribution in [2.75, 3.05) is 14.2 Å². The van der Waals surface area contributed by atoms with Crippen LogP contribution in [0.3, 0.4) is 0 Å². The van der Waals surface area contributed by atoms with Gasteiger partial charge in [0.15, 0.2) is 0 Å². The van der Waals surface area contributed by atoms with Gasteiger partial charge in [-0.25, -0.2) is 14.4 Å². The monoisotopic (exact) mass is 304 g/mol. The SMILES string of the molecule is COC(=O)C1=C(C)NC(=O)N[C@H]1c1ccc(C(=O)OC)cc1. The quantitative estimate of drug-likeness (QED) is 0.820. The largest absolute Gasteiger partial charge is 0.466 e. The maximum absolute atomic E-state index is 11.9. The number of hydrogen-bond acceptors (Lipinski definition) is 5. The van der Waals surface area contributed by atoms with Crippen molar-refractivity contribution in [1.29, 1.82) is 0 Å². The molecule has 22 heavy (non-hydrogen) atoms. The topological polar surface area (TPSA) is 93.7 Å². The Morgan fingerprint density at radius 1 is 1.05 bits per heavy atom. The number of methoxy groups -OCH3 is 2. The van der Waals surface area contributed by atoms with Gasteiger partial charge in [-0.05, 0) is 24.6 Å². The van der Waals surface area contributed by atoms with E-state index in [0.717, 1.165) is 0 Å². The van der Waals surface area contributed by atoms with Gasteiger partial charge in [-0.3, -0.25) is 0 Å². The van der Waals surface area contributed by atoms with E-state index in [1.165, 1.54) is 14.2 Å². The Kier molecular flexibility index (Phi) is 4.45. The summed E-state index contributed by atoms with van der Waals surface area (Å²) in [5.74, 6) is -0.993. The Bertz CT molecular complexity index is 648. The second kappa shape index (κ2) is 6.30. The number of hydrogen-bond donors (Lipinski definition) is 2. The fraction of sp³-hybridized carbons (Fsp3) is 0.267. The van der Waals surface area contributed by atoms with Gasteiger partial charge in [-0.2, -0.15) is 0 Å². The van der Waals surface area contributed by atoms with Crippen LogP contribution in [0.2, 0.25) is 0 Å². The van der Waals surface area contributed by atoms with Crippen LogP contribution in [0.25, 0.3) is 0 Å². The number of amides is 2. The minimum atomic E-state index is -0.645. The van der Waals surface area contributed by atoms with E-state index in [-0.39, 0.29) is 0 Å². The highest BCUT2D eigenvalue weighted by molar-refractivity contribution is 5.95. The maximum atomic E-state index is 11.9. The molecule has 116 valence electrons. The molecule has 0 saturated carbocycles. The first-order chi connectivity index (χ1) is 10.5. The lowest BCUT2D eigenvalue weighted by Gasteiger charge is -2.27. The van der Waals surface area contributed by atoms with Crippen molar-refractivity contribution in [1.82, 2.24) is 10.6 Å². The molecule has 1 heterocycles. The molecular formula is C15H16N2O5. The molecule has 2 amide bonds. The summed E-state index contributed by atoms with van der Waals surface area (Å²) in [6.07, 6.45) is 0. The van der Waals surface area contributed by atoms with Gasteiger partial charge in [-0.1, -0.05) is 12.1 Å². The summed E-state index contributed by atoms with van der Waals surface area (Å²) in [4.78, 5) is 35.0. The average Bonchev–Trinajstić information content (AvgIpc) is 2.53. The van der Waals surface area contributed by atoms with E-state index in [4.69, 9.17) is 4.74 Å². The summed E-state index contributed by atoms with van der Waals surface area (Å²) in [7, 11) is 2.57. The molecule has 0 bridgehead atoms. The highest BCUT2D eigenvalue weighted by Gasteiger charge is 2.31. The molecule has 0 unspecified atom stereocenters. The lowest BCUT2D eigenvalue weighted by molar-refractivity contribution is -0.136. The Morgan fingerprint density at radius 2 is 1.64 bits per heavy atom. The van der Waals surface area contributed by atoms with Gasteiger partial charge in [0.25, 0.3) is 0 Å².